The van der Waals surface area contributed by atoms with Crippen LogP contribution in [0, 0.1) is 19.4 Å². The molecule has 2 aromatic carbocycles. The summed E-state index contributed by atoms with van der Waals surface area (Å²) >= 11 is 0. The molecule has 8 heteroatoms. The fourth-order valence-electron chi connectivity index (χ4n) is 4.83. The first-order valence-electron chi connectivity index (χ1n) is 13.2. The standard InChI is InChI=1S/C31H33N5O3/c1-21-8-10-24(11-9-21)27-26(23-12-14-25(32-5)15-13-23)34-29(28-33-16-18-36(27)28)38-20-22-7-6-17-35(19-22)30(37)39-31(2,3)4/h8-16,18,22H,6-7,17,19-20H2,1-4H3/t22-/m1/s1. The number of imidazole rings is 1. The van der Waals surface area contributed by atoms with Crippen LogP contribution < -0.4 is 4.74 Å². The van der Waals surface area contributed by atoms with Crippen molar-refractivity contribution in [3.8, 4) is 28.4 Å². The van der Waals surface area contributed by atoms with Crippen molar-refractivity contribution in [1.82, 2.24) is 19.3 Å². The zero-order valence-electron chi connectivity index (χ0n) is 22.8. The molecule has 0 N–H and O–H groups in total. The van der Waals surface area contributed by atoms with Crippen LogP contribution in [0.25, 0.3) is 33.0 Å². The molecule has 200 valence electrons. The van der Waals surface area contributed by atoms with Crippen LogP contribution >= 0.6 is 0 Å². The number of aryl methyl sites for hydroxylation is 1. The summed E-state index contributed by atoms with van der Waals surface area (Å²) in [5.41, 5.74) is 5.38. The van der Waals surface area contributed by atoms with Gasteiger partial charge in [0.25, 0.3) is 5.88 Å². The van der Waals surface area contributed by atoms with Gasteiger partial charge in [0, 0.05) is 37.0 Å². The van der Waals surface area contributed by atoms with Gasteiger partial charge < -0.3 is 14.4 Å². The fourth-order valence-corrected chi connectivity index (χ4v) is 4.83. The molecule has 0 bridgehead atoms. The van der Waals surface area contributed by atoms with E-state index in [-0.39, 0.29) is 12.0 Å². The Hall–Kier alpha value is -4.38. The lowest BCUT2D eigenvalue weighted by Crippen LogP contribution is -2.44. The molecule has 0 aliphatic carbocycles. The van der Waals surface area contributed by atoms with Crippen LogP contribution in [0.5, 0.6) is 5.88 Å². The molecule has 0 radical (unpaired) electrons. The summed E-state index contributed by atoms with van der Waals surface area (Å²) in [6, 6.07) is 15.7. The highest BCUT2D eigenvalue weighted by atomic mass is 16.6. The van der Waals surface area contributed by atoms with Gasteiger partial charge in [0.05, 0.1) is 24.6 Å². The highest BCUT2D eigenvalue weighted by molar-refractivity contribution is 5.82. The van der Waals surface area contributed by atoms with E-state index < -0.39 is 5.60 Å². The number of ether oxygens (including phenoxy) is 2. The van der Waals surface area contributed by atoms with Gasteiger partial charge in [-0.15, -0.1) is 0 Å². The third-order valence-electron chi connectivity index (χ3n) is 6.73. The van der Waals surface area contributed by atoms with Crippen molar-refractivity contribution in [3.05, 3.63) is 77.9 Å². The number of fused-ring (bicyclic) bond motifs is 1. The molecule has 1 amide bonds. The van der Waals surface area contributed by atoms with Gasteiger partial charge in [0.2, 0.25) is 5.65 Å². The molecule has 2 aromatic heterocycles. The van der Waals surface area contributed by atoms with E-state index in [9.17, 15) is 4.79 Å². The molecular formula is C31H33N5O3. The smallest absolute Gasteiger partial charge is 0.410 e. The second kappa shape index (κ2) is 10.8. The van der Waals surface area contributed by atoms with Crippen molar-refractivity contribution in [3.63, 3.8) is 0 Å². The zero-order chi connectivity index (χ0) is 27.6. The zero-order valence-corrected chi connectivity index (χ0v) is 22.8. The Bertz CT molecular complexity index is 1510. The van der Waals surface area contributed by atoms with Crippen LogP contribution in [0.3, 0.4) is 0 Å². The summed E-state index contributed by atoms with van der Waals surface area (Å²) in [7, 11) is 0. The Morgan fingerprint density at radius 3 is 2.51 bits per heavy atom. The average Bonchev–Trinajstić information content (AvgIpc) is 3.41. The second-order valence-electron chi connectivity index (χ2n) is 11.0. The lowest BCUT2D eigenvalue weighted by atomic mass is 9.99. The van der Waals surface area contributed by atoms with Crippen molar-refractivity contribution in [2.24, 2.45) is 5.92 Å². The minimum atomic E-state index is -0.528. The van der Waals surface area contributed by atoms with E-state index in [0.717, 1.165) is 35.4 Å². The Morgan fingerprint density at radius 2 is 1.82 bits per heavy atom. The highest BCUT2D eigenvalue weighted by Crippen LogP contribution is 2.35. The van der Waals surface area contributed by atoms with Crippen LogP contribution in [0.4, 0.5) is 10.5 Å². The molecule has 3 heterocycles. The first-order valence-corrected chi connectivity index (χ1v) is 13.2. The summed E-state index contributed by atoms with van der Waals surface area (Å²) in [6.45, 7) is 16.7. The van der Waals surface area contributed by atoms with Crippen molar-refractivity contribution >= 4 is 17.4 Å². The molecule has 1 atom stereocenters. The Morgan fingerprint density at radius 1 is 1.10 bits per heavy atom. The van der Waals surface area contributed by atoms with Crippen molar-refractivity contribution in [2.45, 2.75) is 46.1 Å². The summed E-state index contributed by atoms with van der Waals surface area (Å²) in [5.74, 6) is 0.593. The molecule has 0 saturated carbocycles. The van der Waals surface area contributed by atoms with Gasteiger partial charge in [-0.25, -0.2) is 19.6 Å². The average molecular weight is 524 g/mol. The summed E-state index contributed by atoms with van der Waals surface area (Å²) < 4.78 is 13.9. The number of aromatic nitrogens is 3. The summed E-state index contributed by atoms with van der Waals surface area (Å²) in [4.78, 5) is 27.5. The number of nitrogens with zero attached hydrogens (tertiary/aromatic N) is 5. The van der Waals surface area contributed by atoms with E-state index in [1.54, 1.807) is 23.2 Å². The van der Waals surface area contributed by atoms with Crippen molar-refractivity contribution in [2.75, 3.05) is 19.7 Å². The fraction of sp³-hybridized carbons (Fsp3) is 0.355. The number of benzene rings is 2. The highest BCUT2D eigenvalue weighted by Gasteiger charge is 2.28. The number of carbonyl (C=O) groups is 1. The quantitative estimate of drug-likeness (QED) is 0.265. The number of hydrogen-bond donors (Lipinski definition) is 0. The van der Waals surface area contributed by atoms with Crippen LogP contribution in [-0.2, 0) is 4.74 Å². The third-order valence-corrected chi connectivity index (χ3v) is 6.73. The molecular weight excluding hydrogens is 490 g/mol. The predicted molar refractivity (Wildman–Crippen MR) is 151 cm³/mol. The second-order valence-corrected chi connectivity index (χ2v) is 11.0. The number of carbonyl (C=O) groups excluding carboxylic acids is 1. The van der Waals surface area contributed by atoms with Gasteiger partial charge in [0.15, 0.2) is 5.69 Å². The normalized spacial score (nSPS) is 15.7. The van der Waals surface area contributed by atoms with E-state index in [4.69, 9.17) is 21.0 Å². The molecule has 0 unspecified atom stereocenters. The van der Waals surface area contributed by atoms with Gasteiger partial charge in [0.1, 0.15) is 5.60 Å². The van der Waals surface area contributed by atoms with Crippen molar-refractivity contribution in [1.29, 1.82) is 0 Å². The number of rotatable bonds is 5. The van der Waals surface area contributed by atoms with Crippen LogP contribution in [0.15, 0.2) is 60.9 Å². The van der Waals surface area contributed by atoms with Crippen molar-refractivity contribution < 1.29 is 14.3 Å². The Kier molecular flexibility index (Phi) is 7.25. The largest absolute Gasteiger partial charge is 0.475 e. The lowest BCUT2D eigenvalue weighted by Gasteiger charge is -2.34. The molecule has 0 spiro atoms. The molecule has 1 fully saturated rings. The number of piperidine rings is 1. The molecule has 8 nitrogen and oxygen atoms in total. The van der Waals surface area contributed by atoms with Gasteiger partial charge in [-0.05, 0) is 46.1 Å². The summed E-state index contributed by atoms with van der Waals surface area (Å²) in [6.07, 6.45) is 5.23. The molecule has 1 saturated heterocycles. The van der Waals surface area contributed by atoms with Crippen LogP contribution in [0.1, 0.15) is 39.2 Å². The first kappa shape index (κ1) is 26.2. The Balaban J connectivity index is 1.47. The minimum Gasteiger partial charge on any atom is -0.475 e. The maximum Gasteiger partial charge on any atom is 0.410 e. The first-order chi connectivity index (χ1) is 18.7. The minimum absolute atomic E-state index is 0.154. The van der Waals surface area contributed by atoms with E-state index in [2.05, 4.69) is 41.0 Å². The number of hydrogen-bond acceptors (Lipinski definition) is 5. The van der Waals surface area contributed by atoms with Gasteiger partial charge in [-0.1, -0.05) is 54.1 Å². The molecule has 5 rings (SSSR count). The SMILES string of the molecule is [C-]#[N+]c1ccc(-c2nc(OC[C@@H]3CCCN(C(=O)OC(C)(C)C)C3)c3nccn3c2-c2ccc(C)cc2)cc1. The van der Waals surface area contributed by atoms with Crippen LogP contribution in [-0.4, -0.2) is 50.7 Å². The maximum atomic E-state index is 12.6. The van der Waals surface area contributed by atoms with Gasteiger partial charge >= 0.3 is 6.09 Å². The maximum absolute atomic E-state index is 12.6. The van der Waals surface area contributed by atoms with E-state index in [1.165, 1.54) is 5.56 Å². The number of amides is 1. The molecule has 1 aliphatic heterocycles. The van der Waals surface area contributed by atoms with E-state index in [0.29, 0.717) is 36.9 Å². The summed E-state index contributed by atoms with van der Waals surface area (Å²) in [5, 5.41) is 0. The Labute approximate surface area is 229 Å². The van der Waals surface area contributed by atoms with E-state index in [1.807, 2.05) is 43.5 Å². The predicted octanol–water partition coefficient (Wildman–Crippen LogP) is 6.95. The lowest BCUT2D eigenvalue weighted by molar-refractivity contribution is 0.0138. The van der Waals surface area contributed by atoms with Gasteiger partial charge in [-0.2, -0.15) is 0 Å². The van der Waals surface area contributed by atoms with E-state index >= 15 is 0 Å². The molecule has 1 aliphatic rings. The number of likely N-dealkylation sites (tertiary alicyclic amines) is 1. The van der Waals surface area contributed by atoms with Gasteiger partial charge in [-0.3, -0.25) is 4.40 Å². The molecule has 39 heavy (non-hydrogen) atoms. The van der Waals surface area contributed by atoms with Crippen LogP contribution in [0.2, 0.25) is 0 Å². The monoisotopic (exact) mass is 523 g/mol. The third kappa shape index (κ3) is 5.88. The molecule has 4 aromatic rings. The topological polar surface area (TPSA) is 73.3 Å².